The van der Waals surface area contributed by atoms with Crippen molar-refractivity contribution in [2.75, 3.05) is 13.2 Å². The van der Waals surface area contributed by atoms with E-state index in [4.69, 9.17) is 14.2 Å². The van der Waals surface area contributed by atoms with E-state index in [2.05, 4.69) is 118 Å². The van der Waals surface area contributed by atoms with Gasteiger partial charge in [0.15, 0.2) is 6.10 Å². The Labute approximate surface area is 387 Å². The third-order valence-electron chi connectivity index (χ3n) is 10.6. The molecule has 0 aliphatic heterocycles. The summed E-state index contributed by atoms with van der Waals surface area (Å²) in [7, 11) is 0. The maximum Gasteiger partial charge on any atom is 0.306 e. The van der Waals surface area contributed by atoms with Gasteiger partial charge < -0.3 is 14.2 Å². The molecule has 0 N–H and O–H groups in total. The minimum atomic E-state index is -0.811. The minimum Gasteiger partial charge on any atom is -0.462 e. The maximum absolute atomic E-state index is 12.8. The number of allylic oxidation sites excluding steroid dienone is 16. The summed E-state index contributed by atoms with van der Waals surface area (Å²) in [6.07, 6.45) is 66.8. The maximum atomic E-state index is 12.8. The van der Waals surface area contributed by atoms with E-state index in [1.165, 1.54) is 77.0 Å². The van der Waals surface area contributed by atoms with E-state index in [1.807, 2.05) is 0 Å². The Morgan fingerprint density at radius 2 is 0.635 bits per heavy atom. The first-order valence-corrected chi connectivity index (χ1v) is 25.7. The van der Waals surface area contributed by atoms with Crippen molar-refractivity contribution in [1.29, 1.82) is 0 Å². The molecule has 1 atom stereocenters. The SMILES string of the molecule is CC/C=C\C/C=C\C/C=C\C/C=C\C/C=C\CCCC(=O)OC(COC(=O)CCCCCCCC/C=C\C/C=C\C/C=C\CCCCC)COC(=O)CCCCCCCCCCC. The van der Waals surface area contributed by atoms with Crippen molar-refractivity contribution < 1.29 is 28.6 Å². The highest BCUT2D eigenvalue weighted by Gasteiger charge is 2.19. The van der Waals surface area contributed by atoms with Crippen LogP contribution < -0.4 is 0 Å². The molecule has 0 rings (SSSR count). The fourth-order valence-corrected chi connectivity index (χ4v) is 6.72. The molecule has 63 heavy (non-hydrogen) atoms. The van der Waals surface area contributed by atoms with Crippen LogP contribution in [0, 0.1) is 0 Å². The van der Waals surface area contributed by atoms with Crippen LogP contribution in [0.5, 0.6) is 0 Å². The number of carbonyl (C=O) groups excluding carboxylic acids is 3. The predicted octanol–water partition coefficient (Wildman–Crippen LogP) is 17.0. The summed E-state index contributed by atoms with van der Waals surface area (Å²) in [6.45, 7) is 6.41. The summed E-state index contributed by atoms with van der Waals surface area (Å²) in [5.74, 6) is -0.983. The number of hydrogen-bond donors (Lipinski definition) is 0. The van der Waals surface area contributed by atoms with Crippen LogP contribution in [-0.2, 0) is 28.6 Å². The summed E-state index contributed by atoms with van der Waals surface area (Å²) < 4.78 is 16.7. The van der Waals surface area contributed by atoms with Gasteiger partial charge >= 0.3 is 17.9 Å². The molecule has 0 heterocycles. The van der Waals surface area contributed by atoms with E-state index in [0.717, 1.165) is 103 Å². The van der Waals surface area contributed by atoms with Crippen LogP contribution in [0.2, 0.25) is 0 Å². The highest BCUT2D eigenvalue weighted by atomic mass is 16.6. The van der Waals surface area contributed by atoms with Crippen LogP contribution in [-0.4, -0.2) is 37.2 Å². The second-order valence-electron chi connectivity index (χ2n) is 16.7. The topological polar surface area (TPSA) is 78.9 Å². The molecular weight excluding hydrogens is 781 g/mol. The fourth-order valence-electron chi connectivity index (χ4n) is 6.72. The Hall–Kier alpha value is -3.67. The van der Waals surface area contributed by atoms with Crippen LogP contribution >= 0.6 is 0 Å². The second-order valence-corrected chi connectivity index (χ2v) is 16.7. The van der Waals surface area contributed by atoms with Crippen LogP contribution in [0.4, 0.5) is 0 Å². The molecule has 6 nitrogen and oxygen atoms in total. The second kappa shape index (κ2) is 51.0. The molecule has 0 aliphatic rings. The summed E-state index contributed by atoms with van der Waals surface area (Å²) in [6, 6.07) is 0. The lowest BCUT2D eigenvalue weighted by atomic mass is 10.1. The number of hydrogen-bond acceptors (Lipinski definition) is 6. The first-order valence-electron chi connectivity index (χ1n) is 25.7. The van der Waals surface area contributed by atoms with E-state index < -0.39 is 6.10 Å². The lowest BCUT2D eigenvalue weighted by Crippen LogP contribution is -2.30. The smallest absolute Gasteiger partial charge is 0.306 e. The number of carbonyl (C=O) groups is 3. The molecule has 1 unspecified atom stereocenters. The highest BCUT2D eigenvalue weighted by Crippen LogP contribution is 2.13. The first-order chi connectivity index (χ1) is 31.0. The van der Waals surface area contributed by atoms with Gasteiger partial charge in [0.1, 0.15) is 13.2 Å². The zero-order valence-electron chi connectivity index (χ0n) is 40.8. The van der Waals surface area contributed by atoms with Gasteiger partial charge in [-0.15, -0.1) is 0 Å². The van der Waals surface area contributed by atoms with Gasteiger partial charge in [0, 0.05) is 19.3 Å². The highest BCUT2D eigenvalue weighted by molar-refractivity contribution is 5.71. The minimum absolute atomic E-state index is 0.104. The molecule has 0 radical (unpaired) electrons. The Kier molecular flexibility index (Phi) is 48.0. The van der Waals surface area contributed by atoms with Gasteiger partial charge in [-0.2, -0.15) is 0 Å². The Morgan fingerprint density at radius 1 is 0.333 bits per heavy atom. The van der Waals surface area contributed by atoms with Crippen molar-refractivity contribution in [1.82, 2.24) is 0 Å². The standard InChI is InChI=1S/C57H94O6/c1-4-7-10-13-16-19-21-23-25-27-28-30-31-33-35-38-41-44-47-50-56(59)62-53-54(52-61-55(58)49-46-43-40-37-18-15-12-9-6-3)63-57(60)51-48-45-42-39-36-34-32-29-26-24-22-20-17-14-11-8-5-2/h8,11,16-17,19-20,23-26,28,30,32,34,39,42,54H,4-7,9-10,12-15,18,21-22,27,29,31,33,35-38,40-41,43-53H2,1-3H3/b11-8-,19-16-,20-17-,25-23-,26-24-,30-28-,34-32-,42-39-. The number of unbranched alkanes of at least 4 members (excludes halogenated alkanes) is 18. The lowest BCUT2D eigenvalue weighted by molar-refractivity contribution is -0.167. The Morgan fingerprint density at radius 3 is 1.05 bits per heavy atom. The summed E-state index contributed by atoms with van der Waals surface area (Å²) >= 11 is 0. The summed E-state index contributed by atoms with van der Waals surface area (Å²) in [4.78, 5) is 37.9. The molecule has 6 heteroatoms. The summed E-state index contributed by atoms with van der Waals surface area (Å²) in [5.41, 5.74) is 0. The third-order valence-corrected chi connectivity index (χ3v) is 10.6. The molecule has 0 aromatic rings. The molecule has 0 bridgehead atoms. The van der Waals surface area contributed by atoms with Crippen molar-refractivity contribution in [2.24, 2.45) is 0 Å². The average Bonchev–Trinajstić information content (AvgIpc) is 3.28. The van der Waals surface area contributed by atoms with Crippen molar-refractivity contribution in [3.8, 4) is 0 Å². The van der Waals surface area contributed by atoms with E-state index in [1.54, 1.807) is 0 Å². The van der Waals surface area contributed by atoms with Crippen molar-refractivity contribution in [3.05, 3.63) is 97.2 Å². The van der Waals surface area contributed by atoms with Gasteiger partial charge in [-0.1, -0.05) is 208 Å². The monoisotopic (exact) mass is 875 g/mol. The number of esters is 3. The van der Waals surface area contributed by atoms with Crippen LogP contribution in [0.3, 0.4) is 0 Å². The van der Waals surface area contributed by atoms with Gasteiger partial charge in [0.05, 0.1) is 0 Å². The largest absolute Gasteiger partial charge is 0.462 e. The van der Waals surface area contributed by atoms with Crippen molar-refractivity contribution in [2.45, 2.75) is 232 Å². The fraction of sp³-hybridized carbons (Fsp3) is 0.667. The van der Waals surface area contributed by atoms with Gasteiger partial charge in [-0.3, -0.25) is 14.4 Å². The molecule has 0 saturated heterocycles. The molecule has 0 aliphatic carbocycles. The Balaban J connectivity index is 4.45. The molecule has 358 valence electrons. The van der Waals surface area contributed by atoms with E-state index >= 15 is 0 Å². The van der Waals surface area contributed by atoms with Gasteiger partial charge in [0.25, 0.3) is 0 Å². The molecule has 0 spiro atoms. The molecule has 0 fully saturated rings. The summed E-state index contributed by atoms with van der Waals surface area (Å²) in [5, 5.41) is 0. The molecule has 0 aromatic carbocycles. The molecule has 0 saturated carbocycles. The first kappa shape index (κ1) is 59.3. The predicted molar refractivity (Wildman–Crippen MR) is 270 cm³/mol. The molecular formula is C57H94O6. The van der Waals surface area contributed by atoms with E-state index in [9.17, 15) is 14.4 Å². The molecule has 0 amide bonds. The number of ether oxygens (including phenoxy) is 3. The van der Waals surface area contributed by atoms with Crippen LogP contribution in [0.15, 0.2) is 97.2 Å². The van der Waals surface area contributed by atoms with E-state index in [0.29, 0.717) is 19.3 Å². The Bertz CT molecular complexity index is 1280. The zero-order valence-corrected chi connectivity index (χ0v) is 40.8. The van der Waals surface area contributed by atoms with Gasteiger partial charge in [-0.05, 0) is 96.3 Å². The average molecular weight is 875 g/mol. The van der Waals surface area contributed by atoms with Crippen molar-refractivity contribution >= 4 is 17.9 Å². The van der Waals surface area contributed by atoms with E-state index in [-0.39, 0.29) is 37.5 Å². The van der Waals surface area contributed by atoms with Crippen molar-refractivity contribution in [3.63, 3.8) is 0 Å². The number of rotatable bonds is 45. The quantitative estimate of drug-likeness (QED) is 0.0262. The lowest BCUT2D eigenvalue weighted by Gasteiger charge is -2.18. The van der Waals surface area contributed by atoms with Crippen LogP contribution in [0.1, 0.15) is 226 Å². The zero-order chi connectivity index (χ0) is 45.8. The third kappa shape index (κ3) is 49.2. The van der Waals surface area contributed by atoms with Crippen LogP contribution in [0.25, 0.3) is 0 Å². The molecule has 0 aromatic heterocycles. The van der Waals surface area contributed by atoms with Gasteiger partial charge in [0.2, 0.25) is 0 Å². The normalized spacial score (nSPS) is 12.9. The van der Waals surface area contributed by atoms with Gasteiger partial charge in [-0.25, -0.2) is 0 Å².